The van der Waals surface area contributed by atoms with Crippen LogP contribution >= 0.6 is 10.9 Å². The molecule has 6 atom stereocenters. The number of methoxy groups -OCH3 is 1. The molecule has 2 unspecified atom stereocenters. The van der Waals surface area contributed by atoms with Gasteiger partial charge in [-0.2, -0.15) is 0 Å². The van der Waals surface area contributed by atoms with Gasteiger partial charge in [-0.15, -0.1) is 0 Å². The van der Waals surface area contributed by atoms with Gasteiger partial charge in [0.1, 0.15) is 17.9 Å². The maximum Gasteiger partial charge on any atom is 0.302 e. The lowest BCUT2D eigenvalue weighted by molar-refractivity contribution is -0.225. The molecule has 2 aromatic carbocycles. The molecule has 8 nitrogen and oxygen atoms in total. The zero-order valence-electron chi connectivity index (χ0n) is 17.3. The van der Waals surface area contributed by atoms with Crippen molar-refractivity contribution in [1.82, 2.24) is 0 Å². The number of hydrogen-bond donors (Lipinski definition) is 1. The summed E-state index contributed by atoms with van der Waals surface area (Å²) in [4.78, 5) is 16.0. The van der Waals surface area contributed by atoms with Gasteiger partial charge in [0.2, 0.25) is 0 Å². The molecule has 0 N–H and O–H groups in total. The highest BCUT2D eigenvalue weighted by Crippen LogP contribution is 2.52. The molecular formula is C22H25N3O5S. The molecule has 0 bridgehead atoms. The molecule has 2 saturated heterocycles. The maximum absolute atomic E-state index is 11.8. The van der Waals surface area contributed by atoms with Crippen molar-refractivity contribution in [2.75, 3.05) is 19.5 Å². The molecule has 0 spiro atoms. The van der Waals surface area contributed by atoms with E-state index in [2.05, 4.69) is 22.2 Å². The SMILES string of the molecule is COc1ccc(C2OC[C@@H]3[C@H](O2)[C@@H](N=[N+]=[N-])[C@@H](OC(C)=O)C[SH]3c2ccccc2)cc1. The summed E-state index contributed by atoms with van der Waals surface area (Å²) in [7, 11) is 0.854. The van der Waals surface area contributed by atoms with Gasteiger partial charge in [-0.25, -0.2) is 10.9 Å². The first-order valence-corrected chi connectivity index (χ1v) is 11.6. The van der Waals surface area contributed by atoms with Gasteiger partial charge >= 0.3 is 5.97 Å². The molecule has 164 valence electrons. The third-order valence-corrected chi connectivity index (χ3v) is 8.51. The van der Waals surface area contributed by atoms with E-state index in [1.54, 1.807) is 7.11 Å². The first-order valence-electron chi connectivity index (χ1n) is 10.0. The van der Waals surface area contributed by atoms with E-state index >= 15 is 0 Å². The number of hydrogen-bond acceptors (Lipinski definition) is 6. The molecule has 0 radical (unpaired) electrons. The first kappa shape index (κ1) is 21.5. The predicted octanol–water partition coefficient (Wildman–Crippen LogP) is 4.16. The Labute approximate surface area is 183 Å². The largest absolute Gasteiger partial charge is 0.497 e. The molecule has 2 aliphatic heterocycles. The second-order valence-corrected chi connectivity index (χ2v) is 9.92. The van der Waals surface area contributed by atoms with Crippen LogP contribution in [0.4, 0.5) is 0 Å². The van der Waals surface area contributed by atoms with Crippen molar-refractivity contribution in [3.63, 3.8) is 0 Å². The van der Waals surface area contributed by atoms with Crippen molar-refractivity contribution in [2.24, 2.45) is 5.11 Å². The van der Waals surface area contributed by atoms with Crippen LogP contribution < -0.4 is 4.74 Å². The van der Waals surface area contributed by atoms with Crippen LogP contribution in [0.15, 0.2) is 64.6 Å². The molecule has 0 amide bonds. The Kier molecular flexibility index (Phi) is 6.67. The summed E-state index contributed by atoms with van der Waals surface area (Å²) >= 11 is 0. The minimum Gasteiger partial charge on any atom is -0.497 e. The van der Waals surface area contributed by atoms with E-state index in [9.17, 15) is 10.3 Å². The van der Waals surface area contributed by atoms with Crippen molar-refractivity contribution in [3.05, 3.63) is 70.6 Å². The van der Waals surface area contributed by atoms with Crippen LogP contribution in [-0.4, -0.2) is 48.9 Å². The number of rotatable bonds is 5. The Bertz CT molecular complexity index is 951. The topological polar surface area (TPSA) is 103 Å². The number of esters is 1. The fraction of sp³-hybridized carbons (Fsp3) is 0.409. The van der Waals surface area contributed by atoms with Crippen molar-refractivity contribution < 1.29 is 23.7 Å². The molecule has 9 heteroatoms. The summed E-state index contributed by atoms with van der Waals surface area (Å²) in [6, 6.07) is 17.0. The maximum atomic E-state index is 11.8. The second-order valence-electron chi connectivity index (χ2n) is 7.44. The van der Waals surface area contributed by atoms with Gasteiger partial charge in [0.15, 0.2) is 6.29 Å². The summed E-state index contributed by atoms with van der Waals surface area (Å²) in [5.41, 5.74) is 10.1. The Morgan fingerprint density at radius 3 is 2.58 bits per heavy atom. The van der Waals surface area contributed by atoms with Crippen LogP contribution in [0.25, 0.3) is 10.4 Å². The number of fused-ring (bicyclic) bond motifs is 1. The molecule has 2 heterocycles. The number of carbonyl (C=O) groups excluding carboxylic acids is 1. The van der Waals surface area contributed by atoms with Crippen molar-refractivity contribution in [1.29, 1.82) is 0 Å². The van der Waals surface area contributed by atoms with Crippen LogP contribution in [0.1, 0.15) is 18.8 Å². The van der Waals surface area contributed by atoms with Crippen LogP contribution in [-0.2, 0) is 19.0 Å². The monoisotopic (exact) mass is 443 g/mol. The van der Waals surface area contributed by atoms with Gasteiger partial charge in [0, 0.05) is 28.4 Å². The second kappa shape index (κ2) is 9.62. The number of carbonyl (C=O) groups is 1. The van der Waals surface area contributed by atoms with Crippen LogP contribution in [0.2, 0.25) is 0 Å². The van der Waals surface area contributed by atoms with E-state index in [0.717, 1.165) is 11.3 Å². The number of azide groups is 1. The lowest BCUT2D eigenvalue weighted by atomic mass is 10.0. The molecule has 2 aliphatic rings. The van der Waals surface area contributed by atoms with Gasteiger partial charge in [-0.3, -0.25) is 4.79 Å². The fourth-order valence-corrected chi connectivity index (χ4v) is 7.12. The van der Waals surface area contributed by atoms with Crippen LogP contribution in [0, 0.1) is 0 Å². The van der Waals surface area contributed by atoms with E-state index in [0.29, 0.717) is 12.4 Å². The molecule has 0 saturated carbocycles. The van der Waals surface area contributed by atoms with Gasteiger partial charge in [-0.05, 0) is 22.6 Å². The zero-order valence-corrected chi connectivity index (χ0v) is 18.2. The Balaban J connectivity index is 1.66. The Hall–Kier alpha value is -2.71. The van der Waals surface area contributed by atoms with Gasteiger partial charge in [0.25, 0.3) is 0 Å². The third kappa shape index (κ3) is 4.65. The fourth-order valence-electron chi connectivity index (χ4n) is 4.15. The van der Waals surface area contributed by atoms with E-state index < -0.39 is 41.4 Å². The van der Waals surface area contributed by atoms with E-state index in [1.807, 2.05) is 42.5 Å². The summed E-state index contributed by atoms with van der Waals surface area (Å²) in [5.74, 6) is 0.942. The Morgan fingerprint density at radius 1 is 1.19 bits per heavy atom. The quantitative estimate of drug-likeness (QED) is 0.246. The highest BCUT2D eigenvalue weighted by molar-refractivity contribution is 8.17. The van der Waals surface area contributed by atoms with Crippen molar-refractivity contribution >= 4 is 16.9 Å². The lowest BCUT2D eigenvalue weighted by Gasteiger charge is -2.50. The van der Waals surface area contributed by atoms with E-state index in [-0.39, 0.29) is 5.25 Å². The summed E-state index contributed by atoms with van der Waals surface area (Å²) in [5, 5.41) is 4.02. The zero-order chi connectivity index (χ0) is 21.8. The van der Waals surface area contributed by atoms with Gasteiger partial charge in [-0.1, -0.05) is 47.6 Å². The summed E-state index contributed by atoms with van der Waals surface area (Å²) < 4.78 is 23.3. The Morgan fingerprint density at radius 2 is 1.94 bits per heavy atom. The van der Waals surface area contributed by atoms with E-state index in [4.69, 9.17) is 18.9 Å². The van der Waals surface area contributed by atoms with Gasteiger partial charge < -0.3 is 18.9 Å². The number of thiol groups is 1. The van der Waals surface area contributed by atoms with E-state index in [1.165, 1.54) is 11.8 Å². The standard InChI is InChI=1S/C22H25N3O5S/c1-14(26)29-18-13-31(17-6-4-3-5-7-17)19-12-28-22(30-21(19)20(18)24-25-23)15-8-10-16(27-2)11-9-15/h3-11,18-22,31H,12-13H2,1-2H3/t18-,19+,20-,21-,22?/m0/s1. The summed E-state index contributed by atoms with van der Waals surface area (Å²) in [6.45, 7) is 1.83. The van der Waals surface area contributed by atoms with Crippen LogP contribution in [0.5, 0.6) is 5.75 Å². The van der Waals surface area contributed by atoms with Gasteiger partial charge in [0.05, 0.1) is 19.8 Å². The highest BCUT2D eigenvalue weighted by Gasteiger charge is 2.49. The smallest absolute Gasteiger partial charge is 0.302 e. The summed E-state index contributed by atoms with van der Waals surface area (Å²) in [6.07, 6.45) is -1.58. The third-order valence-electron chi connectivity index (χ3n) is 5.55. The average molecular weight is 444 g/mol. The molecule has 0 aliphatic carbocycles. The average Bonchev–Trinajstić information content (AvgIpc) is 2.80. The van der Waals surface area contributed by atoms with Crippen molar-refractivity contribution in [3.8, 4) is 5.75 Å². The molecule has 0 aromatic heterocycles. The minimum atomic E-state index is -0.758. The van der Waals surface area contributed by atoms with Crippen molar-refractivity contribution in [2.45, 2.75) is 41.6 Å². The minimum absolute atomic E-state index is 0.0224. The van der Waals surface area contributed by atoms with Crippen LogP contribution in [0.3, 0.4) is 0 Å². The predicted molar refractivity (Wildman–Crippen MR) is 117 cm³/mol. The number of ether oxygens (including phenoxy) is 4. The molecular weight excluding hydrogens is 418 g/mol. The highest BCUT2D eigenvalue weighted by atomic mass is 32.2. The number of nitrogens with zero attached hydrogens (tertiary/aromatic N) is 3. The lowest BCUT2D eigenvalue weighted by Crippen LogP contribution is -2.56. The molecule has 2 aromatic rings. The molecule has 4 rings (SSSR count). The molecule has 31 heavy (non-hydrogen) atoms. The first-order chi connectivity index (χ1) is 15.1. The normalized spacial score (nSPS) is 31.0. The molecule has 2 fully saturated rings. The number of benzene rings is 2.